The van der Waals surface area contributed by atoms with Crippen LogP contribution in [-0.4, -0.2) is 35.4 Å². The zero-order valence-corrected chi connectivity index (χ0v) is 15.2. The van der Waals surface area contributed by atoms with Crippen molar-refractivity contribution in [3.63, 3.8) is 0 Å². The molecule has 25 heavy (non-hydrogen) atoms. The number of hydrogen-bond acceptors (Lipinski definition) is 3. The molecule has 1 aromatic heterocycles. The fourth-order valence-electron chi connectivity index (χ4n) is 3.77. The van der Waals surface area contributed by atoms with Crippen LogP contribution in [-0.2, 0) is 11.2 Å². The van der Waals surface area contributed by atoms with E-state index in [9.17, 15) is 4.79 Å². The van der Waals surface area contributed by atoms with Gasteiger partial charge < -0.3 is 9.88 Å². The molecule has 0 spiro atoms. The van der Waals surface area contributed by atoms with Crippen molar-refractivity contribution >= 4 is 16.8 Å². The average molecular weight is 338 g/mol. The highest BCUT2D eigenvalue weighted by Gasteiger charge is 2.31. The number of likely N-dealkylation sites (N-methyl/N-ethyl adjacent to an activating group) is 1. The predicted octanol–water partition coefficient (Wildman–Crippen LogP) is 3.14. The Morgan fingerprint density at radius 3 is 2.96 bits per heavy atom. The molecule has 132 valence electrons. The highest BCUT2D eigenvalue weighted by Crippen LogP contribution is 2.34. The van der Waals surface area contributed by atoms with E-state index in [4.69, 9.17) is 5.26 Å². The minimum absolute atomic E-state index is 0.0613. The van der Waals surface area contributed by atoms with Gasteiger partial charge in [0.2, 0.25) is 5.91 Å². The summed E-state index contributed by atoms with van der Waals surface area (Å²) in [5.41, 5.74) is 3.60. The maximum Gasteiger partial charge on any atom is 0.239 e. The summed E-state index contributed by atoms with van der Waals surface area (Å²) in [6.07, 6.45) is 4.04. The van der Waals surface area contributed by atoms with E-state index in [2.05, 4.69) is 48.4 Å². The van der Waals surface area contributed by atoms with Crippen molar-refractivity contribution in [1.29, 1.82) is 5.26 Å². The number of benzene rings is 1. The van der Waals surface area contributed by atoms with Gasteiger partial charge in [-0.3, -0.25) is 10.1 Å². The molecule has 0 unspecified atom stereocenters. The van der Waals surface area contributed by atoms with Crippen molar-refractivity contribution in [3.05, 3.63) is 35.5 Å². The number of nitrogens with zero attached hydrogens (tertiary/aromatic N) is 2. The Hall–Kier alpha value is -2.32. The standard InChI is InChI=1S/C20H26N4O/c1-13(2)10-17-15-6-4-7-16-19(15)14(12-22-16)11-18(23-17)20(25)24(3)9-5-8-21/h4,6-7,12-13,17-18,22-23H,5,9-11H2,1-3H3/t17-,18-/m0/s1. The van der Waals surface area contributed by atoms with E-state index in [0.29, 0.717) is 25.3 Å². The van der Waals surface area contributed by atoms with E-state index in [0.717, 1.165) is 11.9 Å². The molecular weight excluding hydrogens is 312 g/mol. The molecule has 2 aromatic rings. The molecule has 1 amide bonds. The number of carbonyl (C=O) groups excluding carboxylic acids is 1. The van der Waals surface area contributed by atoms with E-state index < -0.39 is 0 Å². The maximum atomic E-state index is 12.9. The minimum Gasteiger partial charge on any atom is -0.361 e. The van der Waals surface area contributed by atoms with Crippen LogP contribution in [0.3, 0.4) is 0 Å². The van der Waals surface area contributed by atoms with Crippen molar-refractivity contribution in [1.82, 2.24) is 15.2 Å². The van der Waals surface area contributed by atoms with Gasteiger partial charge in [-0.05, 0) is 36.0 Å². The molecular formula is C20H26N4O. The fourth-order valence-corrected chi connectivity index (χ4v) is 3.77. The lowest BCUT2D eigenvalue weighted by atomic mass is 9.94. The number of nitriles is 1. The first-order valence-corrected chi connectivity index (χ1v) is 8.98. The smallest absolute Gasteiger partial charge is 0.239 e. The second-order valence-corrected chi connectivity index (χ2v) is 7.36. The number of H-pyrrole nitrogens is 1. The van der Waals surface area contributed by atoms with Gasteiger partial charge >= 0.3 is 0 Å². The molecule has 0 saturated carbocycles. The molecule has 0 fully saturated rings. The van der Waals surface area contributed by atoms with Crippen LogP contribution >= 0.6 is 0 Å². The van der Waals surface area contributed by atoms with Crippen LogP contribution in [0, 0.1) is 17.2 Å². The first-order chi connectivity index (χ1) is 12.0. The van der Waals surface area contributed by atoms with Gasteiger partial charge in [-0.25, -0.2) is 0 Å². The SMILES string of the molecule is CC(C)C[C@@H]1N[C@H](C(=O)N(C)CCC#N)Cc2c[nH]c3cccc1c23. The molecule has 5 heteroatoms. The number of aromatic amines is 1. The number of aromatic nitrogens is 1. The van der Waals surface area contributed by atoms with Gasteiger partial charge in [0.1, 0.15) is 0 Å². The van der Waals surface area contributed by atoms with Crippen molar-refractivity contribution in [2.24, 2.45) is 5.92 Å². The third kappa shape index (κ3) is 3.54. The molecule has 2 atom stereocenters. The first kappa shape index (κ1) is 17.5. The Morgan fingerprint density at radius 2 is 2.24 bits per heavy atom. The first-order valence-electron chi connectivity index (χ1n) is 8.98. The Labute approximate surface area is 149 Å². The Bertz CT molecular complexity index is 802. The van der Waals surface area contributed by atoms with Gasteiger partial charge in [0.05, 0.1) is 18.5 Å². The molecule has 5 nitrogen and oxygen atoms in total. The van der Waals surface area contributed by atoms with Crippen LogP contribution in [0.2, 0.25) is 0 Å². The number of nitrogens with one attached hydrogen (secondary N) is 2. The molecule has 0 saturated heterocycles. The summed E-state index contributed by atoms with van der Waals surface area (Å²) in [5.74, 6) is 0.589. The Morgan fingerprint density at radius 1 is 1.44 bits per heavy atom. The van der Waals surface area contributed by atoms with Crippen molar-refractivity contribution in [2.75, 3.05) is 13.6 Å². The monoisotopic (exact) mass is 338 g/mol. The lowest BCUT2D eigenvalue weighted by Crippen LogP contribution is -2.47. The highest BCUT2D eigenvalue weighted by atomic mass is 16.2. The van der Waals surface area contributed by atoms with Crippen molar-refractivity contribution < 1.29 is 4.79 Å². The summed E-state index contributed by atoms with van der Waals surface area (Å²) < 4.78 is 0. The summed E-state index contributed by atoms with van der Waals surface area (Å²) in [4.78, 5) is 17.9. The van der Waals surface area contributed by atoms with Crippen LogP contribution in [0.15, 0.2) is 24.4 Å². The zero-order valence-electron chi connectivity index (χ0n) is 15.2. The van der Waals surface area contributed by atoms with Crippen LogP contribution < -0.4 is 5.32 Å². The van der Waals surface area contributed by atoms with Gasteiger partial charge in [-0.1, -0.05) is 26.0 Å². The van der Waals surface area contributed by atoms with E-state index in [1.54, 1.807) is 11.9 Å². The van der Waals surface area contributed by atoms with E-state index in [-0.39, 0.29) is 18.0 Å². The second-order valence-electron chi connectivity index (χ2n) is 7.36. The Kier molecular flexibility index (Phi) is 5.10. The number of carbonyl (C=O) groups is 1. The van der Waals surface area contributed by atoms with Crippen molar-refractivity contribution in [3.8, 4) is 6.07 Å². The van der Waals surface area contributed by atoms with Gasteiger partial charge in [0, 0.05) is 36.7 Å². The topological polar surface area (TPSA) is 71.9 Å². The zero-order chi connectivity index (χ0) is 18.0. The lowest BCUT2D eigenvalue weighted by Gasteiger charge is -2.27. The highest BCUT2D eigenvalue weighted by molar-refractivity contribution is 5.90. The maximum absolute atomic E-state index is 12.9. The summed E-state index contributed by atoms with van der Waals surface area (Å²) in [7, 11) is 1.78. The van der Waals surface area contributed by atoms with Crippen LogP contribution in [0.1, 0.15) is 43.9 Å². The third-order valence-corrected chi connectivity index (χ3v) is 4.96. The summed E-state index contributed by atoms with van der Waals surface area (Å²) >= 11 is 0. The molecule has 1 aliphatic heterocycles. The Balaban J connectivity index is 1.95. The van der Waals surface area contributed by atoms with Crippen molar-refractivity contribution in [2.45, 2.75) is 45.2 Å². The minimum atomic E-state index is -0.265. The van der Waals surface area contributed by atoms with E-state index >= 15 is 0 Å². The summed E-state index contributed by atoms with van der Waals surface area (Å²) in [5, 5.41) is 13.6. The molecule has 3 rings (SSSR count). The summed E-state index contributed by atoms with van der Waals surface area (Å²) in [6, 6.07) is 8.34. The molecule has 0 aliphatic carbocycles. The second kappa shape index (κ2) is 7.28. The van der Waals surface area contributed by atoms with E-state index in [1.807, 2.05) is 6.20 Å². The predicted molar refractivity (Wildman–Crippen MR) is 99.0 cm³/mol. The fraction of sp³-hybridized carbons (Fsp3) is 0.500. The van der Waals surface area contributed by atoms with Gasteiger partial charge in [-0.15, -0.1) is 0 Å². The third-order valence-electron chi connectivity index (χ3n) is 4.96. The molecule has 2 heterocycles. The van der Waals surface area contributed by atoms with Gasteiger partial charge in [0.15, 0.2) is 0 Å². The number of amides is 1. The lowest BCUT2D eigenvalue weighted by molar-refractivity contribution is -0.132. The summed E-state index contributed by atoms with van der Waals surface area (Å²) in [6.45, 7) is 4.89. The van der Waals surface area contributed by atoms with Crippen LogP contribution in [0.4, 0.5) is 0 Å². The molecule has 0 bridgehead atoms. The molecule has 1 aromatic carbocycles. The van der Waals surface area contributed by atoms with E-state index in [1.165, 1.54) is 16.5 Å². The average Bonchev–Trinajstić information content (AvgIpc) is 2.93. The number of hydrogen-bond donors (Lipinski definition) is 2. The molecule has 0 radical (unpaired) electrons. The molecule has 1 aliphatic rings. The number of rotatable bonds is 5. The normalized spacial score (nSPS) is 19.6. The van der Waals surface area contributed by atoms with Gasteiger partial charge in [-0.2, -0.15) is 5.26 Å². The van der Waals surface area contributed by atoms with Crippen LogP contribution in [0.5, 0.6) is 0 Å². The largest absolute Gasteiger partial charge is 0.361 e. The molecule has 2 N–H and O–H groups in total. The van der Waals surface area contributed by atoms with Gasteiger partial charge in [0.25, 0.3) is 0 Å². The van der Waals surface area contributed by atoms with Crippen LogP contribution in [0.25, 0.3) is 10.9 Å². The quantitative estimate of drug-likeness (QED) is 0.880.